The molecular formula is C27H36N4O5. The molecule has 36 heavy (non-hydrogen) atoms. The molecule has 1 aromatic carbocycles. The number of nitrogens with zero attached hydrogens (tertiary/aromatic N) is 3. The molecule has 1 atom stereocenters. The molecule has 2 aliphatic rings. The van der Waals surface area contributed by atoms with E-state index < -0.39 is 11.5 Å². The van der Waals surface area contributed by atoms with Gasteiger partial charge in [0.05, 0.1) is 26.8 Å². The van der Waals surface area contributed by atoms with Gasteiger partial charge in [-0.2, -0.15) is 5.10 Å². The lowest BCUT2D eigenvalue weighted by molar-refractivity contribution is -0.134. The summed E-state index contributed by atoms with van der Waals surface area (Å²) in [6.07, 6.45) is 7.62. The number of esters is 1. The number of para-hydroxylation sites is 1. The summed E-state index contributed by atoms with van der Waals surface area (Å²) >= 11 is 0. The molecule has 194 valence electrons. The summed E-state index contributed by atoms with van der Waals surface area (Å²) in [7, 11) is 1.58. The van der Waals surface area contributed by atoms with E-state index in [0.717, 1.165) is 31.2 Å². The van der Waals surface area contributed by atoms with Crippen LogP contribution < -0.4 is 10.1 Å². The number of fused-ring (bicyclic) bond motifs is 1. The zero-order valence-electron chi connectivity index (χ0n) is 21.4. The molecule has 0 bridgehead atoms. The van der Waals surface area contributed by atoms with Crippen LogP contribution in [0.4, 0.5) is 0 Å². The Hall–Kier alpha value is -3.36. The molecule has 1 aliphatic carbocycles. The standard InChI is InChI=1S/C27H36N4O5/c1-4-36-25(33)21-16-22-24(32)30(17-19-12-10-11-15-23(19)35-3)27(2,18-31(22)29-21)26(34)28-20-13-8-6-5-7-9-14-20/h10-12,15-16,20H,4-9,13-14,17-18H2,1-3H3,(H,28,34). The van der Waals surface area contributed by atoms with E-state index in [1.807, 2.05) is 24.3 Å². The van der Waals surface area contributed by atoms with Crippen molar-refractivity contribution in [3.05, 3.63) is 47.3 Å². The number of carbonyl (C=O) groups is 3. The van der Waals surface area contributed by atoms with Crippen molar-refractivity contribution in [2.75, 3.05) is 13.7 Å². The molecule has 9 heteroatoms. The number of nitrogens with one attached hydrogen (secondary N) is 1. The Morgan fingerprint density at radius 1 is 1.14 bits per heavy atom. The van der Waals surface area contributed by atoms with Gasteiger partial charge in [-0.05, 0) is 32.8 Å². The summed E-state index contributed by atoms with van der Waals surface area (Å²) in [5.74, 6) is -0.538. The first-order chi connectivity index (χ1) is 17.4. The van der Waals surface area contributed by atoms with Gasteiger partial charge in [-0.3, -0.25) is 14.3 Å². The highest BCUT2D eigenvalue weighted by molar-refractivity contribution is 6.01. The zero-order valence-corrected chi connectivity index (χ0v) is 21.4. The number of rotatable bonds is 7. The molecule has 0 spiro atoms. The van der Waals surface area contributed by atoms with Crippen molar-refractivity contribution in [3.8, 4) is 5.75 Å². The summed E-state index contributed by atoms with van der Waals surface area (Å²) in [6.45, 7) is 3.99. The molecule has 0 radical (unpaired) electrons. The monoisotopic (exact) mass is 496 g/mol. The van der Waals surface area contributed by atoms with Gasteiger partial charge in [0.2, 0.25) is 5.91 Å². The molecule has 1 fully saturated rings. The Morgan fingerprint density at radius 3 is 2.53 bits per heavy atom. The summed E-state index contributed by atoms with van der Waals surface area (Å²) in [4.78, 5) is 41.6. The molecular weight excluding hydrogens is 460 g/mol. The summed E-state index contributed by atoms with van der Waals surface area (Å²) in [5.41, 5.74) is -0.117. The van der Waals surface area contributed by atoms with Gasteiger partial charge in [0, 0.05) is 17.7 Å². The quantitative estimate of drug-likeness (QED) is 0.586. The third kappa shape index (κ3) is 5.24. The number of carbonyl (C=O) groups excluding carboxylic acids is 3. The highest BCUT2D eigenvalue weighted by Crippen LogP contribution is 2.32. The molecule has 1 aromatic heterocycles. The minimum absolute atomic E-state index is 0.0575. The van der Waals surface area contributed by atoms with Crippen LogP contribution >= 0.6 is 0 Å². The SMILES string of the molecule is CCOC(=O)c1cc2n(n1)CC(C)(C(=O)NC1CCCCCCC1)N(Cc1ccccc1OC)C2=O. The van der Waals surface area contributed by atoms with Crippen molar-refractivity contribution in [1.29, 1.82) is 0 Å². The summed E-state index contributed by atoms with van der Waals surface area (Å²) in [6, 6.07) is 8.98. The van der Waals surface area contributed by atoms with Gasteiger partial charge in [0.25, 0.3) is 5.91 Å². The van der Waals surface area contributed by atoms with Crippen LogP contribution in [0.15, 0.2) is 30.3 Å². The molecule has 2 aromatic rings. The van der Waals surface area contributed by atoms with Crippen LogP contribution in [0.1, 0.15) is 85.3 Å². The van der Waals surface area contributed by atoms with Gasteiger partial charge in [0.15, 0.2) is 5.69 Å². The van der Waals surface area contributed by atoms with E-state index in [0.29, 0.717) is 5.75 Å². The van der Waals surface area contributed by atoms with E-state index in [-0.39, 0.29) is 48.9 Å². The van der Waals surface area contributed by atoms with Gasteiger partial charge in [-0.25, -0.2) is 4.79 Å². The lowest BCUT2D eigenvalue weighted by atomic mass is 9.91. The van der Waals surface area contributed by atoms with Gasteiger partial charge in [0.1, 0.15) is 17.0 Å². The Bertz CT molecular complexity index is 1110. The predicted octanol–water partition coefficient (Wildman–Crippen LogP) is 3.71. The fourth-order valence-corrected chi connectivity index (χ4v) is 5.14. The highest BCUT2D eigenvalue weighted by atomic mass is 16.5. The molecule has 1 N–H and O–H groups in total. The van der Waals surface area contributed by atoms with Crippen molar-refractivity contribution >= 4 is 17.8 Å². The van der Waals surface area contributed by atoms with Crippen LogP contribution in [0.25, 0.3) is 0 Å². The second kappa shape index (κ2) is 11.1. The number of benzene rings is 1. The average molecular weight is 497 g/mol. The van der Waals surface area contributed by atoms with Gasteiger partial charge in [-0.1, -0.05) is 50.3 Å². The van der Waals surface area contributed by atoms with Gasteiger partial charge >= 0.3 is 5.97 Å². The Balaban J connectivity index is 1.68. The first kappa shape index (κ1) is 25.7. The average Bonchev–Trinajstić information content (AvgIpc) is 3.27. The fraction of sp³-hybridized carbons (Fsp3) is 0.556. The number of amides is 2. The molecule has 9 nitrogen and oxygen atoms in total. The molecule has 1 unspecified atom stereocenters. The maximum atomic E-state index is 13.9. The van der Waals surface area contributed by atoms with Gasteiger partial charge < -0.3 is 19.7 Å². The van der Waals surface area contributed by atoms with E-state index in [1.165, 1.54) is 30.0 Å². The first-order valence-electron chi connectivity index (χ1n) is 12.9. The molecule has 4 rings (SSSR count). The minimum Gasteiger partial charge on any atom is -0.496 e. The second-order valence-electron chi connectivity index (χ2n) is 9.79. The lowest BCUT2D eigenvalue weighted by Crippen LogP contribution is -2.64. The van der Waals surface area contributed by atoms with Crippen molar-refractivity contribution < 1.29 is 23.9 Å². The van der Waals surface area contributed by atoms with Crippen molar-refractivity contribution in [2.24, 2.45) is 0 Å². The topological polar surface area (TPSA) is 103 Å². The number of hydrogen-bond acceptors (Lipinski definition) is 6. The fourth-order valence-electron chi connectivity index (χ4n) is 5.14. The van der Waals surface area contributed by atoms with Crippen LogP contribution in [-0.4, -0.2) is 57.8 Å². The smallest absolute Gasteiger partial charge is 0.358 e. The lowest BCUT2D eigenvalue weighted by Gasteiger charge is -2.44. The molecule has 2 heterocycles. The van der Waals surface area contributed by atoms with E-state index in [9.17, 15) is 14.4 Å². The second-order valence-corrected chi connectivity index (χ2v) is 9.79. The number of aromatic nitrogens is 2. The van der Waals surface area contributed by atoms with Crippen molar-refractivity contribution in [2.45, 2.75) is 83.5 Å². The van der Waals surface area contributed by atoms with Crippen LogP contribution in [0, 0.1) is 0 Å². The summed E-state index contributed by atoms with van der Waals surface area (Å²) < 4.78 is 12.1. The van der Waals surface area contributed by atoms with Crippen LogP contribution in [0.3, 0.4) is 0 Å². The highest BCUT2D eigenvalue weighted by Gasteiger charge is 2.48. The molecule has 0 saturated heterocycles. The largest absolute Gasteiger partial charge is 0.496 e. The van der Waals surface area contributed by atoms with Crippen LogP contribution in [-0.2, 0) is 22.6 Å². The van der Waals surface area contributed by atoms with E-state index in [2.05, 4.69) is 10.4 Å². The number of methoxy groups -OCH3 is 1. The number of ether oxygens (including phenoxy) is 2. The first-order valence-corrected chi connectivity index (χ1v) is 12.9. The zero-order chi connectivity index (χ0) is 25.7. The Morgan fingerprint density at radius 2 is 1.83 bits per heavy atom. The van der Waals surface area contributed by atoms with Crippen molar-refractivity contribution in [3.63, 3.8) is 0 Å². The maximum Gasteiger partial charge on any atom is 0.358 e. The molecule has 1 saturated carbocycles. The maximum absolute atomic E-state index is 13.9. The Kier molecular flexibility index (Phi) is 7.96. The normalized spacial score (nSPS) is 20.8. The Labute approximate surface area is 212 Å². The molecule has 1 aliphatic heterocycles. The minimum atomic E-state index is -1.22. The molecule has 2 amide bonds. The van der Waals surface area contributed by atoms with Crippen LogP contribution in [0.5, 0.6) is 5.75 Å². The van der Waals surface area contributed by atoms with Crippen LogP contribution in [0.2, 0.25) is 0 Å². The van der Waals surface area contributed by atoms with E-state index >= 15 is 0 Å². The van der Waals surface area contributed by atoms with Crippen molar-refractivity contribution in [1.82, 2.24) is 20.0 Å². The summed E-state index contributed by atoms with van der Waals surface area (Å²) in [5, 5.41) is 7.58. The van der Waals surface area contributed by atoms with Gasteiger partial charge in [-0.15, -0.1) is 0 Å². The van der Waals surface area contributed by atoms with E-state index in [4.69, 9.17) is 9.47 Å². The van der Waals surface area contributed by atoms with E-state index in [1.54, 1.807) is 25.9 Å². The third-order valence-corrected chi connectivity index (χ3v) is 7.23. The number of hydrogen-bond donors (Lipinski definition) is 1. The third-order valence-electron chi connectivity index (χ3n) is 7.23. The predicted molar refractivity (Wildman–Crippen MR) is 134 cm³/mol.